The Balaban J connectivity index is 4.93. The Kier molecular flexibility index (Phi) is 10.2. The molecule has 0 spiro atoms. The Hall–Kier alpha value is -0.800. The van der Waals surface area contributed by atoms with E-state index in [9.17, 15) is 34.0 Å². The monoisotopic (exact) mass is 428 g/mol. The highest BCUT2D eigenvalue weighted by atomic mass is 31.2. The van der Waals surface area contributed by atoms with Crippen LogP contribution in [-0.2, 0) is 32.5 Å². The summed E-state index contributed by atoms with van der Waals surface area (Å²) < 4.78 is 33.2. The van der Waals surface area contributed by atoms with E-state index in [-0.39, 0.29) is 6.29 Å². The summed E-state index contributed by atoms with van der Waals surface area (Å²) in [6, 6.07) is 0. The van der Waals surface area contributed by atoms with E-state index in [0.717, 1.165) is 0 Å². The maximum absolute atomic E-state index is 11.6. The zero-order valence-corrected chi connectivity index (χ0v) is 14.5. The largest absolute Gasteiger partial charge is 0.470 e. The van der Waals surface area contributed by atoms with Crippen LogP contribution in [0, 0.1) is 0 Å². The third kappa shape index (κ3) is 9.78. The van der Waals surface area contributed by atoms with Crippen molar-refractivity contribution in [2.45, 2.75) is 30.5 Å². The van der Waals surface area contributed by atoms with Crippen molar-refractivity contribution in [2.24, 2.45) is 0 Å². The van der Waals surface area contributed by atoms with Gasteiger partial charge in [0.25, 0.3) is 0 Å². The number of rotatable bonds is 12. The minimum atomic E-state index is -5.22. The zero-order valence-electron chi connectivity index (χ0n) is 12.7. The van der Waals surface area contributed by atoms with Crippen molar-refractivity contribution in [3.63, 3.8) is 0 Å². The molecule has 15 nitrogen and oxygen atoms in total. The first-order valence-electron chi connectivity index (χ1n) is 6.46. The van der Waals surface area contributed by atoms with Crippen molar-refractivity contribution in [3.05, 3.63) is 0 Å². The van der Waals surface area contributed by atoms with Gasteiger partial charge < -0.3 is 44.7 Å². The second-order valence-corrected chi connectivity index (χ2v) is 7.07. The number of carbonyl (C=O) groups is 2. The SMILES string of the molecule is O=C[C@H](OC(=O)C(CO)OP(=O)(O)O)[C@@H](O)[C@H](O)[C@H](O)COP(=O)(O)O. The molecule has 1 unspecified atom stereocenters. The van der Waals surface area contributed by atoms with Crippen LogP contribution in [0.3, 0.4) is 0 Å². The van der Waals surface area contributed by atoms with Crippen molar-refractivity contribution in [1.29, 1.82) is 0 Å². The quantitative estimate of drug-likeness (QED) is 0.0831. The van der Waals surface area contributed by atoms with E-state index in [1.165, 1.54) is 0 Å². The predicted octanol–water partition coefficient (Wildman–Crippen LogP) is -4.24. The molecule has 0 aromatic rings. The van der Waals surface area contributed by atoms with Gasteiger partial charge in [-0.2, -0.15) is 0 Å². The Bertz CT molecular complexity index is 553. The molecule has 17 heteroatoms. The van der Waals surface area contributed by atoms with E-state index in [1.807, 2.05) is 0 Å². The smallest absolute Gasteiger partial charge is 0.450 e. The third-order valence-electron chi connectivity index (χ3n) is 2.57. The van der Waals surface area contributed by atoms with Crippen LogP contribution in [-0.4, -0.2) is 96.0 Å². The summed E-state index contributed by atoms with van der Waals surface area (Å²) in [5.74, 6) is -1.69. The minimum absolute atomic E-state index is 0.228. The Morgan fingerprint density at radius 1 is 1.00 bits per heavy atom. The number of carbonyl (C=O) groups excluding carboxylic acids is 2. The number of esters is 1. The first-order valence-corrected chi connectivity index (χ1v) is 9.52. The van der Waals surface area contributed by atoms with Crippen molar-refractivity contribution in [2.75, 3.05) is 13.2 Å². The van der Waals surface area contributed by atoms with Crippen LogP contribution in [0.1, 0.15) is 0 Å². The van der Waals surface area contributed by atoms with Gasteiger partial charge in [-0.15, -0.1) is 0 Å². The van der Waals surface area contributed by atoms with Crippen LogP contribution >= 0.6 is 15.6 Å². The third-order valence-corrected chi connectivity index (χ3v) is 3.59. The van der Waals surface area contributed by atoms with Gasteiger partial charge in [-0.1, -0.05) is 0 Å². The predicted molar refractivity (Wildman–Crippen MR) is 76.0 cm³/mol. The average molecular weight is 428 g/mol. The topological polar surface area (TPSA) is 258 Å². The molecule has 0 bridgehead atoms. The molecule has 0 aromatic carbocycles. The van der Waals surface area contributed by atoms with Crippen LogP contribution in [0.15, 0.2) is 0 Å². The molecule has 5 atom stereocenters. The molecule has 0 aliphatic carbocycles. The molecule has 0 saturated carbocycles. The van der Waals surface area contributed by atoms with E-state index in [2.05, 4.69) is 13.8 Å². The lowest BCUT2D eigenvalue weighted by Crippen LogP contribution is -2.49. The van der Waals surface area contributed by atoms with Gasteiger partial charge in [-0.3, -0.25) is 13.8 Å². The Morgan fingerprint density at radius 2 is 1.54 bits per heavy atom. The molecule has 0 aliphatic rings. The molecule has 0 rings (SSSR count). The van der Waals surface area contributed by atoms with E-state index < -0.39 is 65.3 Å². The van der Waals surface area contributed by atoms with Crippen LogP contribution in [0.5, 0.6) is 0 Å². The van der Waals surface area contributed by atoms with Gasteiger partial charge in [0.2, 0.25) is 0 Å². The summed E-state index contributed by atoms with van der Waals surface area (Å²) in [7, 11) is -10.2. The molecule has 0 aliphatic heterocycles. The van der Waals surface area contributed by atoms with Gasteiger partial charge in [-0.25, -0.2) is 13.9 Å². The van der Waals surface area contributed by atoms with Gasteiger partial charge in [0.05, 0.1) is 13.2 Å². The second-order valence-electron chi connectivity index (χ2n) is 4.64. The van der Waals surface area contributed by atoms with Gasteiger partial charge in [0, 0.05) is 0 Å². The van der Waals surface area contributed by atoms with Crippen molar-refractivity contribution in [1.82, 2.24) is 0 Å². The van der Waals surface area contributed by atoms with E-state index in [1.54, 1.807) is 0 Å². The highest BCUT2D eigenvalue weighted by Gasteiger charge is 2.37. The normalized spacial score (nSPS) is 18.5. The fourth-order valence-electron chi connectivity index (χ4n) is 1.40. The molecular formula is C9H18O15P2. The first-order chi connectivity index (χ1) is 11.7. The number of aliphatic hydroxyl groups excluding tert-OH is 4. The number of aliphatic hydroxyl groups is 4. The summed E-state index contributed by atoms with van der Waals surface area (Å²) in [4.78, 5) is 56.5. The number of hydrogen-bond donors (Lipinski definition) is 8. The van der Waals surface area contributed by atoms with Crippen LogP contribution in [0.25, 0.3) is 0 Å². The van der Waals surface area contributed by atoms with Crippen LogP contribution in [0.2, 0.25) is 0 Å². The molecule has 0 saturated heterocycles. The summed E-state index contributed by atoms with van der Waals surface area (Å²) in [5, 5.41) is 37.5. The molecule has 154 valence electrons. The Labute approximate surface area is 145 Å². The molecule has 0 heterocycles. The summed E-state index contributed by atoms with van der Waals surface area (Å²) in [6.07, 6.45) is -11.4. The van der Waals surface area contributed by atoms with Gasteiger partial charge in [0.15, 0.2) is 18.5 Å². The maximum Gasteiger partial charge on any atom is 0.470 e. The lowest BCUT2D eigenvalue weighted by molar-refractivity contribution is -0.176. The van der Waals surface area contributed by atoms with Gasteiger partial charge >= 0.3 is 21.6 Å². The lowest BCUT2D eigenvalue weighted by Gasteiger charge is -2.27. The number of hydrogen-bond acceptors (Lipinski definition) is 11. The summed E-state index contributed by atoms with van der Waals surface area (Å²) in [6.45, 7) is -2.43. The first kappa shape index (κ1) is 25.2. The number of phosphoric acid groups is 2. The molecule has 26 heavy (non-hydrogen) atoms. The highest BCUT2D eigenvalue weighted by molar-refractivity contribution is 7.46. The maximum atomic E-state index is 11.6. The van der Waals surface area contributed by atoms with Gasteiger partial charge in [-0.05, 0) is 0 Å². The van der Waals surface area contributed by atoms with Gasteiger partial charge in [0.1, 0.15) is 18.3 Å². The molecule has 0 fully saturated rings. The molecular weight excluding hydrogens is 410 g/mol. The van der Waals surface area contributed by atoms with E-state index in [0.29, 0.717) is 0 Å². The average Bonchev–Trinajstić information content (AvgIpc) is 2.52. The molecule has 0 aromatic heterocycles. The highest BCUT2D eigenvalue weighted by Crippen LogP contribution is 2.38. The minimum Gasteiger partial charge on any atom is -0.450 e. The summed E-state index contributed by atoms with van der Waals surface area (Å²) >= 11 is 0. The number of aldehydes is 1. The van der Waals surface area contributed by atoms with Crippen molar-refractivity contribution < 1.29 is 72.5 Å². The van der Waals surface area contributed by atoms with Crippen molar-refractivity contribution in [3.8, 4) is 0 Å². The standard InChI is InChI=1S/C9H18O15P2/c10-1-5(23-9(15)6(2-11)24-26(19,20)21)8(14)7(13)4(12)3-22-25(16,17)18/h1,4-8,11-14H,2-3H2,(H2,16,17,18)(H2,19,20,21)/t4-,5+,6?,7-,8-/m1/s1. The van der Waals surface area contributed by atoms with E-state index in [4.69, 9.17) is 24.7 Å². The lowest BCUT2D eigenvalue weighted by atomic mass is 10.0. The summed E-state index contributed by atoms with van der Waals surface area (Å²) in [5.41, 5.74) is 0. The molecule has 8 N–H and O–H groups in total. The Morgan fingerprint density at radius 3 is 1.92 bits per heavy atom. The van der Waals surface area contributed by atoms with Crippen LogP contribution in [0.4, 0.5) is 0 Å². The molecule has 0 radical (unpaired) electrons. The number of phosphoric ester groups is 2. The zero-order chi connectivity index (χ0) is 20.7. The second kappa shape index (κ2) is 10.5. The van der Waals surface area contributed by atoms with Crippen LogP contribution < -0.4 is 0 Å². The fraction of sp³-hybridized carbons (Fsp3) is 0.778. The van der Waals surface area contributed by atoms with E-state index >= 15 is 0 Å². The fourth-order valence-corrected chi connectivity index (χ4v) is 2.23. The van der Waals surface area contributed by atoms with Crippen molar-refractivity contribution >= 4 is 27.9 Å². The molecule has 0 amide bonds. The number of ether oxygens (including phenoxy) is 1.